The van der Waals surface area contributed by atoms with Crippen molar-refractivity contribution in [1.82, 2.24) is 9.80 Å². The molecule has 15 nitrogen and oxygen atoms in total. The molecule has 0 heterocycles. The molecule has 2 rings (SSSR count). The Kier molecular flexibility index (Phi) is 13.1. The van der Waals surface area contributed by atoms with E-state index in [1.54, 1.807) is 119 Å². The molecule has 0 aromatic heterocycles. The van der Waals surface area contributed by atoms with E-state index in [-0.39, 0.29) is 18.8 Å². The predicted molar refractivity (Wildman–Crippen MR) is 184 cm³/mol. The van der Waals surface area contributed by atoms with Gasteiger partial charge in [-0.25, -0.2) is 24.1 Å². The van der Waals surface area contributed by atoms with Crippen LogP contribution in [0.15, 0.2) is 53.5 Å². The van der Waals surface area contributed by atoms with Crippen LogP contribution in [0.5, 0.6) is 5.75 Å². The lowest BCUT2D eigenvalue weighted by Gasteiger charge is -2.33. The number of carbonyl (C=O) groups excluding carboxylic acids is 4. The second-order valence-electron chi connectivity index (χ2n) is 15.1. The molecule has 0 aliphatic rings. The van der Waals surface area contributed by atoms with Crippen molar-refractivity contribution in [3.8, 4) is 5.75 Å². The van der Waals surface area contributed by atoms with E-state index in [1.807, 2.05) is 0 Å². The summed E-state index contributed by atoms with van der Waals surface area (Å²) in [4.78, 5) is 70.1. The molecule has 2 aromatic rings. The smallest absolute Gasteiger partial charge is 0.437 e. The summed E-state index contributed by atoms with van der Waals surface area (Å²) in [5.41, 5.74) is -3.39. The van der Waals surface area contributed by atoms with Gasteiger partial charge in [0.05, 0.1) is 11.5 Å². The molecule has 0 spiro atoms. The number of nitrogens with zero attached hydrogens (tertiary/aromatic N) is 4. The number of guanidine groups is 1. The minimum atomic E-state index is -1.28. The summed E-state index contributed by atoms with van der Waals surface area (Å²) >= 11 is 0. The number of amides is 4. The molecule has 274 valence electrons. The first-order valence-corrected chi connectivity index (χ1v) is 15.8. The minimum Gasteiger partial charge on any atom is -0.489 e. The third-order valence-corrected chi connectivity index (χ3v) is 5.58. The van der Waals surface area contributed by atoms with Gasteiger partial charge in [-0.1, -0.05) is 24.3 Å². The molecule has 0 atom stereocenters. The standard InChI is InChI=1S/C35H48N4O11/c1-32(2,3)47-28(40)36-27(38(30(42)49-34(7,8)9)31(43)50-35(10,11)12)37(29(41)48-33(4,5)6)21-23-16-18-26(19-17-23)46-22-24-14-13-15-25(20-24)39(44)45/h13-20H,21-22H2,1-12H3/b36-27-. The molecule has 0 radical (unpaired) electrons. The quantitative estimate of drug-likeness (QED) is 0.0930. The second-order valence-corrected chi connectivity index (χ2v) is 15.1. The van der Waals surface area contributed by atoms with E-state index in [1.165, 1.54) is 12.1 Å². The predicted octanol–water partition coefficient (Wildman–Crippen LogP) is 8.37. The summed E-state index contributed by atoms with van der Waals surface area (Å²) in [7, 11) is 0. The Morgan fingerprint density at radius 3 is 1.62 bits per heavy atom. The van der Waals surface area contributed by atoms with E-state index in [0.29, 0.717) is 21.8 Å². The zero-order valence-electron chi connectivity index (χ0n) is 30.8. The number of hydrogen-bond donors (Lipinski definition) is 0. The van der Waals surface area contributed by atoms with Crippen LogP contribution in [-0.2, 0) is 32.1 Å². The highest BCUT2D eigenvalue weighted by atomic mass is 16.6. The van der Waals surface area contributed by atoms with Gasteiger partial charge < -0.3 is 23.7 Å². The molecule has 0 N–H and O–H groups in total. The summed E-state index contributed by atoms with van der Waals surface area (Å²) in [5.74, 6) is -0.390. The van der Waals surface area contributed by atoms with Gasteiger partial charge in [-0.15, -0.1) is 9.89 Å². The van der Waals surface area contributed by atoms with Crippen LogP contribution in [0.3, 0.4) is 0 Å². The first-order chi connectivity index (χ1) is 22.7. The van der Waals surface area contributed by atoms with Gasteiger partial charge in [0.1, 0.15) is 34.8 Å². The largest absolute Gasteiger partial charge is 0.489 e. The van der Waals surface area contributed by atoms with Crippen molar-refractivity contribution in [3.63, 3.8) is 0 Å². The molecule has 0 saturated carbocycles. The lowest BCUT2D eigenvalue weighted by Crippen LogP contribution is -2.55. The number of nitro benzene ring substituents is 1. The Morgan fingerprint density at radius 1 is 0.680 bits per heavy atom. The molecule has 0 fully saturated rings. The summed E-state index contributed by atoms with van der Waals surface area (Å²) in [5, 5.41) is 11.1. The Hall–Kier alpha value is -5.21. The topological polar surface area (TPSA) is 176 Å². The molecular formula is C35H48N4O11. The maximum Gasteiger partial charge on any atom is 0.437 e. The van der Waals surface area contributed by atoms with E-state index in [9.17, 15) is 29.3 Å². The Bertz CT molecular complexity index is 1550. The van der Waals surface area contributed by atoms with E-state index >= 15 is 0 Å². The number of carbonyl (C=O) groups is 4. The molecule has 0 aliphatic heterocycles. The summed E-state index contributed by atoms with van der Waals surface area (Å²) in [6.45, 7) is 18.7. The van der Waals surface area contributed by atoms with Crippen molar-refractivity contribution in [2.45, 2.75) is 119 Å². The van der Waals surface area contributed by atoms with E-state index in [4.69, 9.17) is 23.7 Å². The van der Waals surface area contributed by atoms with Gasteiger partial charge in [-0.2, -0.15) is 0 Å². The number of rotatable bonds is 6. The normalized spacial score (nSPS) is 12.4. The Balaban J connectivity index is 2.66. The first kappa shape index (κ1) is 41.0. The summed E-state index contributed by atoms with van der Waals surface area (Å²) in [6, 6.07) is 12.4. The highest BCUT2D eigenvalue weighted by Gasteiger charge is 2.41. The van der Waals surface area contributed by atoms with Crippen LogP contribution in [-0.4, -0.2) is 67.5 Å². The second kappa shape index (κ2) is 16.0. The van der Waals surface area contributed by atoms with Gasteiger partial charge >= 0.3 is 24.4 Å². The van der Waals surface area contributed by atoms with Crippen molar-refractivity contribution in [2.24, 2.45) is 4.99 Å². The van der Waals surface area contributed by atoms with Crippen LogP contribution in [0.25, 0.3) is 0 Å². The number of aliphatic imine (C=N–C) groups is 1. The SMILES string of the molecule is CC(C)(C)OC(=O)/N=C(/N(Cc1ccc(OCc2cccc([N+](=O)[O-])c2)cc1)C(=O)OC(C)(C)C)N(C(=O)OC(C)(C)C)C(=O)OC(C)(C)C. The zero-order valence-corrected chi connectivity index (χ0v) is 30.8. The fraction of sp³-hybridized carbons (Fsp3) is 0.514. The molecule has 0 saturated heterocycles. The van der Waals surface area contributed by atoms with Crippen LogP contribution in [0, 0.1) is 10.1 Å². The number of imide groups is 1. The molecule has 0 bridgehead atoms. The van der Waals surface area contributed by atoms with E-state index in [0.717, 1.165) is 4.90 Å². The molecular weight excluding hydrogens is 652 g/mol. The van der Waals surface area contributed by atoms with Crippen LogP contribution < -0.4 is 4.74 Å². The van der Waals surface area contributed by atoms with Gasteiger partial charge in [0.15, 0.2) is 0 Å². The maximum atomic E-state index is 13.9. The summed E-state index contributed by atoms with van der Waals surface area (Å²) in [6.07, 6.45) is -4.86. The highest BCUT2D eigenvalue weighted by molar-refractivity contribution is 6.13. The third kappa shape index (κ3) is 14.5. The van der Waals surface area contributed by atoms with Crippen molar-refractivity contribution in [1.29, 1.82) is 0 Å². The van der Waals surface area contributed by atoms with Crippen LogP contribution in [0.4, 0.5) is 24.9 Å². The Morgan fingerprint density at radius 2 is 1.16 bits per heavy atom. The number of nitro groups is 1. The van der Waals surface area contributed by atoms with Gasteiger partial charge in [0.2, 0.25) is 5.96 Å². The molecule has 0 unspecified atom stereocenters. The number of benzene rings is 2. The van der Waals surface area contributed by atoms with Crippen molar-refractivity contribution in [3.05, 3.63) is 69.8 Å². The minimum absolute atomic E-state index is 0.0402. The fourth-order valence-electron chi connectivity index (χ4n) is 3.78. The van der Waals surface area contributed by atoms with E-state index in [2.05, 4.69) is 4.99 Å². The molecule has 50 heavy (non-hydrogen) atoms. The molecule has 15 heteroatoms. The van der Waals surface area contributed by atoms with Gasteiger partial charge in [-0.05, 0) is 106 Å². The highest BCUT2D eigenvalue weighted by Crippen LogP contribution is 2.23. The van der Waals surface area contributed by atoms with Crippen molar-refractivity contribution >= 4 is 36.0 Å². The monoisotopic (exact) mass is 700 g/mol. The average molecular weight is 701 g/mol. The lowest BCUT2D eigenvalue weighted by molar-refractivity contribution is -0.384. The lowest BCUT2D eigenvalue weighted by atomic mass is 10.2. The third-order valence-electron chi connectivity index (χ3n) is 5.58. The number of non-ortho nitro benzene ring substituents is 1. The van der Waals surface area contributed by atoms with Crippen LogP contribution in [0.2, 0.25) is 0 Å². The van der Waals surface area contributed by atoms with Crippen LogP contribution >= 0.6 is 0 Å². The number of hydrogen-bond acceptors (Lipinski definition) is 11. The first-order valence-electron chi connectivity index (χ1n) is 15.8. The van der Waals surface area contributed by atoms with Crippen LogP contribution in [0.1, 0.15) is 94.2 Å². The fourth-order valence-corrected chi connectivity index (χ4v) is 3.78. The summed E-state index contributed by atoms with van der Waals surface area (Å²) < 4.78 is 27.8. The van der Waals surface area contributed by atoms with Crippen molar-refractivity contribution in [2.75, 3.05) is 0 Å². The molecule has 4 amide bonds. The van der Waals surface area contributed by atoms with E-state index < -0.39 is 57.7 Å². The Labute approximate surface area is 292 Å². The average Bonchev–Trinajstić information content (AvgIpc) is 2.91. The zero-order chi connectivity index (χ0) is 38.2. The molecule has 0 aliphatic carbocycles. The van der Waals surface area contributed by atoms with Gasteiger partial charge in [0, 0.05) is 12.1 Å². The van der Waals surface area contributed by atoms with Gasteiger partial charge in [-0.3, -0.25) is 10.1 Å². The number of ether oxygens (including phenoxy) is 5. The van der Waals surface area contributed by atoms with Crippen molar-refractivity contribution < 1.29 is 47.8 Å². The molecule has 2 aromatic carbocycles. The maximum absolute atomic E-state index is 13.9. The van der Waals surface area contributed by atoms with Gasteiger partial charge in [0.25, 0.3) is 5.69 Å².